The van der Waals surface area contributed by atoms with E-state index in [0.717, 1.165) is 11.3 Å². The van der Waals surface area contributed by atoms with Crippen LogP contribution in [0.5, 0.6) is 5.75 Å². The Morgan fingerprint density at radius 2 is 1.32 bits per heavy atom. The van der Waals surface area contributed by atoms with Gasteiger partial charge in [0.1, 0.15) is 5.75 Å². The second kappa shape index (κ2) is 6.35. The molecular weight excluding hydrogens is 270 g/mol. The van der Waals surface area contributed by atoms with Crippen LogP contribution in [0.4, 0.5) is 5.69 Å². The van der Waals surface area contributed by atoms with Crippen LogP contribution < -0.4 is 5.32 Å². The molecule has 2 nitrogen and oxygen atoms in total. The summed E-state index contributed by atoms with van der Waals surface area (Å²) >= 11 is 0. The molecular formula is C20H19NO. The molecule has 2 heteroatoms. The minimum atomic E-state index is 0.0458. The summed E-state index contributed by atoms with van der Waals surface area (Å²) in [6, 6.07) is 26.1. The number of rotatable bonds is 4. The van der Waals surface area contributed by atoms with E-state index in [2.05, 4.69) is 48.6 Å². The van der Waals surface area contributed by atoms with E-state index in [1.54, 1.807) is 12.1 Å². The number of phenolic OH excluding ortho intramolecular Hbond substituents is 1. The Morgan fingerprint density at radius 1 is 0.727 bits per heavy atom. The lowest BCUT2D eigenvalue weighted by atomic mass is 9.98. The lowest BCUT2D eigenvalue weighted by molar-refractivity contribution is 0.475. The minimum absolute atomic E-state index is 0.0458. The third-order valence-corrected chi connectivity index (χ3v) is 3.72. The molecule has 1 atom stereocenters. The zero-order chi connectivity index (χ0) is 15.4. The van der Waals surface area contributed by atoms with Crippen LogP contribution in [0.3, 0.4) is 0 Å². The molecule has 0 aliphatic carbocycles. The van der Waals surface area contributed by atoms with Gasteiger partial charge in [0.25, 0.3) is 0 Å². The average molecular weight is 289 g/mol. The maximum absolute atomic E-state index is 9.51. The third kappa shape index (κ3) is 3.29. The van der Waals surface area contributed by atoms with E-state index in [1.807, 2.05) is 30.3 Å². The first kappa shape index (κ1) is 14.2. The number of benzene rings is 3. The molecule has 0 saturated carbocycles. The number of anilines is 1. The largest absolute Gasteiger partial charge is 0.508 e. The van der Waals surface area contributed by atoms with Gasteiger partial charge >= 0.3 is 0 Å². The summed E-state index contributed by atoms with van der Waals surface area (Å²) < 4.78 is 0. The lowest BCUT2D eigenvalue weighted by Gasteiger charge is -2.21. The lowest BCUT2D eigenvalue weighted by Crippen LogP contribution is -2.12. The van der Waals surface area contributed by atoms with Gasteiger partial charge in [0.15, 0.2) is 0 Å². The molecule has 0 aromatic heterocycles. The number of hydrogen-bond acceptors (Lipinski definition) is 2. The van der Waals surface area contributed by atoms with Crippen molar-refractivity contribution in [3.63, 3.8) is 0 Å². The summed E-state index contributed by atoms with van der Waals surface area (Å²) in [5, 5.41) is 13.1. The maximum Gasteiger partial charge on any atom is 0.115 e. The Kier molecular flexibility index (Phi) is 4.10. The van der Waals surface area contributed by atoms with Gasteiger partial charge in [0.2, 0.25) is 0 Å². The molecule has 0 spiro atoms. The number of aryl methyl sites for hydroxylation is 1. The normalized spacial score (nSPS) is 11.9. The van der Waals surface area contributed by atoms with Crippen LogP contribution in [0, 0.1) is 6.92 Å². The van der Waals surface area contributed by atoms with Crippen molar-refractivity contribution in [2.24, 2.45) is 0 Å². The zero-order valence-corrected chi connectivity index (χ0v) is 12.5. The highest BCUT2D eigenvalue weighted by atomic mass is 16.3. The molecule has 3 aromatic carbocycles. The van der Waals surface area contributed by atoms with Crippen LogP contribution in [0.25, 0.3) is 0 Å². The topological polar surface area (TPSA) is 32.3 Å². The Labute approximate surface area is 131 Å². The Bertz CT molecular complexity index is 718. The van der Waals surface area contributed by atoms with Gasteiger partial charge in [0, 0.05) is 5.69 Å². The fourth-order valence-corrected chi connectivity index (χ4v) is 2.49. The van der Waals surface area contributed by atoms with Gasteiger partial charge in [-0.25, -0.2) is 0 Å². The van der Waals surface area contributed by atoms with Crippen LogP contribution in [0.2, 0.25) is 0 Å². The average Bonchev–Trinajstić information content (AvgIpc) is 2.56. The van der Waals surface area contributed by atoms with Crippen LogP contribution in [0.15, 0.2) is 78.9 Å². The predicted molar refractivity (Wildman–Crippen MR) is 91.2 cm³/mol. The van der Waals surface area contributed by atoms with Gasteiger partial charge in [-0.3, -0.25) is 0 Å². The first-order valence-corrected chi connectivity index (χ1v) is 7.39. The van der Waals surface area contributed by atoms with Gasteiger partial charge in [-0.15, -0.1) is 0 Å². The minimum Gasteiger partial charge on any atom is -0.508 e. The van der Waals surface area contributed by atoms with Crippen molar-refractivity contribution in [3.8, 4) is 5.75 Å². The van der Waals surface area contributed by atoms with Gasteiger partial charge in [-0.2, -0.15) is 0 Å². The van der Waals surface area contributed by atoms with Gasteiger partial charge < -0.3 is 10.4 Å². The smallest absolute Gasteiger partial charge is 0.115 e. The Morgan fingerprint density at radius 3 is 1.95 bits per heavy atom. The quantitative estimate of drug-likeness (QED) is 0.716. The Balaban J connectivity index is 1.96. The van der Waals surface area contributed by atoms with E-state index in [0.29, 0.717) is 0 Å². The predicted octanol–water partition coefficient (Wildman–Crippen LogP) is 4.90. The van der Waals surface area contributed by atoms with Crippen LogP contribution in [-0.4, -0.2) is 5.11 Å². The van der Waals surface area contributed by atoms with Crippen molar-refractivity contribution < 1.29 is 5.11 Å². The number of hydrogen-bond donors (Lipinski definition) is 2. The molecule has 2 N–H and O–H groups in total. The molecule has 0 amide bonds. The molecule has 22 heavy (non-hydrogen) atoms. The summed E-state index contributed by atoms with van der Waals surface area (Å²) in [4.78, 5) is 0. The van der Waals surface area contributed by atoms with Crippen molar-refractivity contribution in [2.45, 2.75) is 13.0 Å². The van der Waals surface area contributed by atoms with Crippen molar-refractivity contribution in [1.82, 2.24) is 0 Å². The van der Waals surface area contributed by atoms with E-state index in [1.165, 1.54) is 11.1 Å². The first-order chi connectivity index (χ1) is 10.7. The maximum atomic E-state index is 9.51. The fraction of sp³-hybridized carbons (Fsp3) is 0.100. The molecule has 3 rings (SSSR count). The van der Waals surface area contributed by atoms with Gasteiger partial charge in [-0.05, 0) is 42.3 Å². The summed E-state index contributed by atoms with van der Waals surface area (Å²) in [5.74, 6) is 0.283. The molecule has 0 fully saturated rings. The van der Waals surface area contributed by atoms with E-state index < -0.39 is 0 Å². The third-order valence-electron chi connectivity index (χ3n) is 3.72. The number of phenols is 1. The monoisotopic (exact) mass is 289 g/mol. The van der Waals surface area contributed by atoms with Crippen LogP contribution >= 0.6 is 0 Å². The molecule has 1 unspecified atom stereocenters. The standard InChI is InChI=1S/C20H19NO/c1-15-7-11-18(12-8-15)21-20(16-5-3-2-4-6-16)17-9-13-19(22)14-10-17/h2-14,20-22H,1H3. The molecule has 0 aliphatic rings. The molecule has 110 valence electrons. The highest BCUT2D eigenvalue weighted by Crippen LogP contribution is 2.27. The molecule has 0 bridgehead atoms. The highest BCUT2D eigenvalue weighted by Gasteiger charge is 2.13. The van der Waals surface area contributed by atoms with Crippen molar-refractivity contribution >= 4 is 5.69 Å². The van der Waals surface area contributed by atoms with Crippen molar-refractivity contribution in [3.05, 3.63) is 95.6 Å². The van der Waals surface area contributed by atoms with E-state index in [4.69, 9.17) is 0 Å². The number of nitrogens with one attached hydrogen (secondary N) is 1. The SMILES string of the molecule is Cc1ccc(NC(c2ccccc2)c2ccc(O)cc2)cc1. The molecule has 3 aromatic rings. The van der Waals surface area contributed by atoms with E-state index >= 15 is 0 Å². The molecule has 0 radical (unpaired) electrons. The van der Waals surface area contributed by atoms with E-state index in [9.17, 15) is 5.11 Å². The van der Waals surface area contributed by atoms with Gasteiger partial charge in [0.05, 0.1) is 6.04 Å². The second-order valence-electron chi connectivity index (χ2n) is 5.45. The second-order valence-corrected chi connectivity index (χ2v) is 5.45. The van der Waals surface area contributed by atoms with Crippen molar-refractivity contribution in [1.29, 1.82) is 0 Å². The fourth-order valence-electron chi connectivity index (χ4n) is 2.49. The molecule has 0 saturated heterocycles. The molecule has 0 aliphatic heterocycles. The summed E-state index contributed by atoms with van der Waals surface area (Å²) in [7, 11) is 0. The summed E-state index contributed by atoms with van der Waals surface area (Å²) in [6.45, 7) is 2.08. The van der Waals surface area contributed by atoms with E-state index in [-0.39, 0.29) is 11.8 Å². The first-order valence-electron chi connectivity index (χ1n) is 7.39. The number of aromatic hydroxyl groups is 1. The zero-order valence-electron chi connectivity index (χ0n) is 12.5. The Hall–Kier alpha value is -2.74. The molecule has 0 heterocycles. The van der Waals surface area contributed by atoms with Crippen LogP contribution in [0.1, 0.15) is 22.7 Å². The highest BCUT2D eigenvalue weighted by molar-refractivity contribution is 5.50. The van der Waals surface area contributed by atoms with Crippen LogP contribution in [-0.2, 0) is 0 Å². The summed E-state index contributed by atoms with van der Waals surface area (Å²) in [6.07, 6.45) is 0. The van der Waals surface area contributed by atoms with Gasteiger partial charge in [-0.1, -0.05) is 60.2 Å². The summed E-state index contributed by atoms with van der Waals surface area (Å²) in [5.41, 5.74) is 4.62. The van der Waals surface area contributed by atoms with Crippen molar-refractivity contribution in [2.75, 3.05) is 5.32 Å².